The fourth-order valence-electron chi connectivity index (χ4n) is 5.43. The molecule has 110 valence electrons. The minimum Gasteiger partial charge on any atom is -0.481 e. The number of ether oxygens (including phenoxy) is 1. The van der Waals surface area contributed by atoms with Crippen LogP contribution >= 0.6 is 0 Å². The summed E-state index contributed by atoms with van der Waals surface area (Å²) in [7, 11) is 3.75. The molecule has 4 fully saturated rings. The molecule has 5 rings (SSSR count). The zero-order valence-corrected chi connectivity index (χ0v) is 12.5. The van der Waals surface area contributed by atoms with Crippen molar-refractivity contribution >= 4 is 0 Å². The molecule has 4 aliphatic carbocycles. The van der Waals surface area contributed by atoms with Crippen molar-refractivity contribution in [3.8, 4) is 5.88 Å². The fraction of sp³-hybridized carbons (Fsp3) is 0.812. The van der Waals surface area contributed by atoms with Crippen LogP contribution in [0.2, 0.25) is 0 Å². The van der Waals surface area contributed by atoms with Crippen molar-refractivity contribution in [1.82, 2.24) is 15.1 Å². The lowest BCUT2D eigenvalue weighted by Crippen LogP contribution is -2.46. The highest BCUT2D eigenvalue weighted by atomic mass is 16.5. The van der Waals surface area contributed by atoms with Crippen LogP contribution in [0.4, 0.5) is 0 Å². The third-order valence-corrected chi connectivity index (χ3v) is 5.84. The molecular weight excluding hydrogens is 250 g/mol. The smallest absolute Gasteiger partial charge is 0.216 e. The summed E-state index contributed by atoms with van der Waals surface area (Å²) < 4.78 is 7.91. The first-order valence-electron chi connectivity index (χ1n) is 8.05. The van der Waals surface area contributed by atoms with Gasteiger partial charge < -0.3 is 10.1 Å². The van der Waals surface area contributed by atoms with E-state index in [1.54, 1.807) is 7.11 Å². The average molecular weight is 275 g/mol. The zero-order valence-electron chi connectivity index (χ0n) is 12.5. The summed E-state index contributed by atoms with van der Waals surface area (Å²) in [4.78, 5) is 0. The Hall–Kier alpha value is -1.03. The Morgan fingerprint density at radius 3 is 2.40 bits per heavy atom. The molecule has 0 aliphatic heterocycles. The van der Waals surface area contributed by atoms with Crippen molar-refractivity contribution in [2.24, 2.45) is 23.7 Å². The summed E-state index contributed by atoms with van der Waals surface area (Å²) in [5.41, 5.74) is 1.18. The van der Waals surface area contributed by atoms with Gasteiger partial charge in [-0.1, -0.05) is 0 Å². The molecule has 1 aromatic rings. The first-order valence-corrected chi connectivity index (χ1v) is 8.05. The Balaban J connectivity index is 1.67. The molecule has 4 heteroatoms. The van der Waals surface area contributed by atoms with Gasteiger partial charge >= 0.3 is 0 Å². The molecular formula is C16H25N3O. The Kier molecular flexibility index (Phi) is 3.02. The molecule has 4 aliphatic rings. The molecule has 4 nitrogen and oxygen atoms in total. The van der Waals surface area contributed by atoms with E-state index in [1.165, 1.54) is 37.7 Å². The molecule has 4 saturated carbocycles. The Labute approximate surface area is 120 Å². The highest BCUT2D eigenvalue weighted by Crippen LogP contribution is 2.58. The van der Waals surface area contributed by atoms with E-state index in [4.69, 9.17) is 9.84 Å². The molecule has 4 bridgehead atoms. The van der Waals surface area contributed by atoms with Crippen LogP contribution in [0.5, 0.6) is 5.88 Å². The van der Waals surface area contributed by atoms with Crippen molar-refractivity contribution in [3.63, 3.8) is 0 Å². The molecule has 1 aromatic heterocycles. The van der Waals surface area contributed by atoms with E-state index >= 15 is 0 Å². The van der Waals surface area contributed by atoms with E-state index in [-0.39, 0.29) is 0 Å². The van der Waals surface area contributed by atoms with E-state index in [0.29, 0.717) is 6.04 Å². The number of rotatable bonds is 4. The van der Waals surface area contributed by atoms with Gasteiger partial charge in [-0.05, 0) is 62.8 Å². The third-order valence-electron chi connectivity index (χ3n) is 5.84. The fourth-order valence-corrected chi connectivity index (χ4v) is 5.43. The zero-order chi connectivity index (χ0) is 13.7. The molecule has 0 spiro atoms. The molecule has 20 heavy (non-hydrogen) atoms. The largest absolute Gasteiger partial charge is 0.481 e. The lowest BCUT2D eigenvalue weighted by Gasteiger charge is -2.54. The molecule has 0 amide bonds. The number of nitrogens with zero attached hydrogens (tertiary/aromatic N) is 2. The van der Waals surface area contributed by atoms with Crippen LogP contribution in [0.3, 0.4) is 0 Å². The second kappa shape index (κ2) is 4.76. The van der Waals surface area contributed by atoms with Crippen molar-refractivity contribution < 1.29 is 4.74 Å². The van der Waals surface area contributed by atoms with Crippen molar-refractivity contribution in [1.29, 1.82) is 0 Å². The predicted octanol–water partition coefficient (Wildman–Crippen LogP) is 2.61. The summed E-state index contributed by atoms with van der Waals surface area (Å²) >= 11 is 0. The van der Waals surface area contributed by atoms with E-state index in [1.807, 2.05) is 13.2 Å². The number of hydrogen-bond donors (Lipinski definition) is 1. The second-order valence-corrected chi connectivity index (χ2v) is 7.08. The van der Waals surface area contributed by atoms with Gasteiger partial charge in [0.25, 0.3) is 0 Å². The average Bonchev–Trinajstić information content (AvgIpc) is 2.81. The van der Waals surface area contributed by atoms with Gasteiger partial charge in [0.15, 0.2) is 0 Å². The van der Waals surface area contributed by atoms with Gasteiger partial charge in [-0.25, -0.2) is 4.68 Å². The Bertz CT molecular complexity index is 468. The van der Waals surface area contributed by atoms with Crippen LogP contribution in [-0.4, -0.2) is 23.9 Å². The third kappa shape index (κ3) is 1.80. The second-order valence-electron chi connectivity index (χ2n) is 7.08. The number of hydrogen-bond acceptors (Lipinski definition) is 3. The van der Waals surface area contributed by atoms with Gasteiger partial charge in [0.05, 0.1) is 19.3 Å². The molecule has 0 atom stereocenters. The maximum absolute atomic E-state index is 5.69. The first kappa shape index (κ1) is 12.7. The van der Waals surface area contributed by atoms with E-state index in [9.17, 15) is 0 Å². The molecule has 0 unspecified atom stereocenters. The van der Waals surface area contributed by atoms with E-state index in [0.717, 1.165) is 36.1 Å². The monoisotopic (exact) mass is 275 g/mol. The van der Waals surface area contributed by atoms with Gasteiger partial charge in [0.2, 0.25) is 5.88 Å². The maximum atomic E-state index is 5.69. The number of methoxy groups -OCH3 is 1. The summed E-state index contributed by atoms with van der Waals surface area (Å²) in [6, 6.07) is 0.586. The first-order chi connectivity index (χ1) is 9.80. The summed E-state index contributed by atoms with van der Waals surface area (Å²) in [6.45, 7) is 0.830. The van der Waals surface area contributed by atoms with Crippen LogP contribution in [-0.2, 0) is 6.54 Å². The highest BCUT2D eigenvalue weighted by molar-refractivity contribution is 5.25. The number of nitrogens with one attached hydrogen (secondary N) is 1. The molecule has 0 radical (unpaired) electrons. The SMILES string of the molecule is CNCc1cnn(C2C3CC4CC(C3)CC2C4)c1OC. The van der Waals surface area contributed by atoms with Crippen LogP contribution in [0.15, 0.2) is 6.20 Å². The van der Waals surface area contributed by atoms with Gasteiger partial charge in [-0.15, -0.1) is 0 Å². The highest BCUT2D eigenvalue weighted by Gasteiger charge is 2.49. The van der Waals surface area contributed by atoms with Gasteiger partial charge in [0.1, 0.15) is 0 Å². The quantitative estimate of drug-likeness (QED) is 0.918. The Morgan fingerprint density at radius 1 is 1.20 bits per heavy atom. The summed E-state index contributed by atoms with van der Waals surface area (Å²) in [5, 5.41) is 7.91. The Morgan fingerprint density at radius 2 is 1.85 bits per heavy atom. The normalized spacial score (nSPS) is 38.4. The van der Waals surface area contributed by atoms with E-state index in [2.05, 4.69) is 10.00 Å². The summed E-state index contributed by atoms with van der Waals surface area (Å²) in [5.74, 6) is 4.67. The van der Waals surface area contributed by atoms with Crippen LogP contribution in [0.25, 0.3) is 0 Å². The number of aromatic nitrogens is 2. The van der Waals surface area contributed by atoms with Crippen molar-refractivity contribution in [2.75, 3.05) is 14.2 Å². The van der Waals surface area contributed by atoms with Gasteiger partial charge in [-0.3, -0.25) is 0 Å². The van der Waals surface area contributed by atoms with Gasteiger partial charge in [-0.2, -0.15) is 5.10 Å². The minimum atomic E-state index is 0.586. The maximum Gasteiger partial charge on any atom is 0.216 e. The van der Waals surface area contributed by atoms with Crippen LogP contribution < -0.4 is 10.1 Å². The molecule has 0 aromatic carbocycles. The van der Waals surface area contributed by atoms with Crippen LogP contribution in [0.1, 0.15) is 43.7 Å². The van der Waals surface area contributed by atoms with Crippen LogP contribution in [0, 0.1) is 23.7 Å². The predicted molar refractivity (Wildman–Crippen MR) is 77.6 cm³/mol. The lowest BCUT2D eigenvalue weighted by molar-refractivity contribution is -0.0360. The topological polar surface area (TPSA) is 39.1 Å². The molecule has 0 saturated heterocycles. The van der Waals surface area contributed by atoms with Crippen molar-refractivity contribution in [3.05, 3.63) is 11.8 Å². The minimum absolute atomic E-state index is 0.586. The molecule has 1 heterocycles. The van der Waals surface area contributed by atoms with E-state index < -0.39 is 0 Å². The molecule has 1 N–H and O–H groups in total. The van der Waals surface area contributed by atoms with Gasteiger partial charge in [0, 0.05) is 12.1 Å². The standard InChI is InChI=1S/C16H25N3O/c1-17-8-14-9-18-19(16(14)20-2)15-12-4-10-3-11(6-12)7-13(15)5-10/h9-13,15,17H,3-8H2,1-2H3. The summed E-state index contributed by atoms with van der Waals surface area (Å²) in [6.07, 6.45) is 9.16. The lowest BCUT2D eigenvalue weighted by atomic mass is 9.54. The van der Waals surface area contributed by atoms with Crippen molar-refractivity contribution in [2.45, 2.75) is 44.7 Å².